The lowest BCUT2D eigenvalue weighted by Gasteiger charge is -2.08. The van der Waals surface area contributed by atoms with Gasteiger partial charge in [-0.1, -0.05) is 51.2 Å². The molecule has 0 saturated carbocycles. The van der Waals surface area contributed by atoms with Crippen LogP contribution in [-0.4, -0.2) is 17.7 Å². The summed E-state index contributed by atoms with van der Waals surface area (Å²) < 4.78 is 11.0. The topological polar surface area (TPSA) is 55.8 Å². The summed E-state index contributed by atoms with van der Waals surface area (Å²) in [6, 6.07) is 13.8. The summed E-state index contributed by atoms with van der Waals surface area (Å²) >= 11 is 0. The quantitative estimate of drug-likeness (QED) is 0.344. The van der Waals surface area contributed by atoms with Crippen molar-refractivity contribution in [2.45, 2.75) is 52.1 Å². The van der Waals surface area contributed by atoms with Gasteiger partial charge < -0.3 is 14.6 Å². The molecule has 0 bridgehead atoms. The van der Waals surface area contributed by atoms with Gasteiger partial charge in [-0.2, -0.15) is 0 Å². The van der Waals surface area contributed by atoms with Crippen molar-refractivity contribution in [2.24, 2.45) is 0 Å². The SMILES string of the molecule is CCCCCCCCOc1ccc(C(=O)Oc2ccc(CO)cc2)cc1. The molecule has 0 aliphatic rings. The number of esters is 1. The Kier molecular flexibility index (Phi) is 8.70. The zero-order valence-corrected chi connectivity index (χ0v) is 15.4. The Balaban J connectivity index is 1.74. The zero-order chi connectivity index (χ0) is 18.6. The van der Waals surface area contributed by atoms with Gasteiger partial charge >= 0.3 is 5.97 Å². The molecule has 0 atom stereocenters. The smallest absolute Gasteiger partial charge is 0.343 e. The number of benzene rings is 2. The van der Waals surface area contributed by atoms with Crippen molar-refractivity contribution in [3.63, 3.8) is 0 Å². The minimum absolute atomic E-state index is 0.0333. The van der Waals surface area contributed by atoms with Crippen LogP contribution in [0.4, 0.5) is 0 Å². The highest BCUT2D eigenvalue weighted by Gasteiger charge is 2.09. The second kappa shape index (κ2) is 11.3. The summed E-state index contributed by atoms with van der Waals surface area (Å²) in [5, 5.41) is 9.02. The number of aliphatic hydroxyl groups excluding tert-OH is 1. The summed E-state index contributed by atoms with van der Waals surface area (Å²) in [6.07, 6.45) is 7.39. The zero-order valence-electron chi connectivity index (χ0n) is 15.4. The van der Waals surface area contributed by atoms with E-state index in [1.54, 1.807) is 48.5 Å². The molecule has 2 aromatic carbocycles. The molecule has 0 amide bonds. The van der Waals surface area contributed by atoms with Crippen LogP contribution in [0.1, 0.15) is 61.4 Å². The summed E-state index contributed by atoms with van der Waals surface area (Å²) in [6.45, 7) is 2.89. The maximum atomic E-state index is 12.2. The van der Waals surface area contributed by atoms with E-state index in [2.05, 4.69) is 6.92 Å². The fourth-order valence-corrected chi connectivity index (χ4v) is 2.59. The van der Waals surface area contributed by atoms with E-state index >= 15 is 0 Å². The third-order valence-electron chi connectivity index (χ3n) is 4.17. The summed E-state index contributed by atoms with van der Waals surface area (Å²) in [5.74, 6) is 0.808. The number of hydrogen-bond acceptors (Lipinski definition) is 4. The summed E-state index contributed by atoms with van der Waals surface area (Å²) in [5.41, 5.74) is 1.25. The predicted octanol–water partition coefficient (Wildman–Crippen LogP) is 5.14. The molecule has 0 fully saturated rings. The first-order valence-electron chi connectivity index (χ1n) is 9.37. The molecule has 0 heterocycles. The molecule has 140 valence electrons. The fraction of sp³-hybridized carbons (Fsp3) is 0.409. The molecule has 0 unspecified atom stereocenters. The molecule has 0 spiro atoms. The standard InChI is InChI=1S/C22H28O4/c1-2-3-4-5-6-7-16-25-20-14-10-19(11-15-20)22(24)26-21-12-8-18(17-23)9-13-21/h8-15,23H,2-7,16-17H2,1H3. The van der Waals surface area contributed by atoms with Crippen molar-refractivity contribution in [2.75, 3.05) is 6.61 Å². The fourth-order valence-electron chi connectivity index (χ4n) is 2.59. The van der Waals surface area contributed by atoms with Crippen LogP contribution >= 0.6 is 0 Å². The Hall–Kier alpha value is -2.33. The number of carbonyl (C=O) groups is 1. The largest absolute Gasteiger partial charge is 0.494 e. The summed E-state index contributed by atoms with van der Waals surface area (Å²) in [4.78, 5) is 12.2. The molecule has 4 heteroatoms. The monoisotopic (exact) mass is 356 g/mol. The number of rotatable bonds is 11. The molecule has 1 N–H and O–H groups in total. The molecule has 0 aliphatic heterocycles. The third kappa shape index (κ3) is 6.89. The van der Waals surface area contributed by atoms with Gasteiger partial charge in [-0.25, -0.2) is 4.79 Å². The Bertz CT molecular complexity index is 647. The van der Waals surface area contributed by atoms with E-state index in [1.807, 2.05) is 0 Å². The first kappa shape index (κ1) is 20.0. The van der Waals surface area contributed by atoms with Crippen LogP contribution in [0.5, 0.6) is 11.5 Å². The second-order valence-electron chi connectivity index (χ2n) is 6.33. The molecule has 26 heavy (non-hydrogen) atoms. The van der Waals surface area contributed by atoms with Gasteiger partial charge in [0.2, 0.25) is 0 Å². The van der Waals surface area contributed by atoms with Crippen LogP contribution < -0.4 is 9.47 Å². The first-order chi connectivity index (χ1) is 12.7. The molecular formula is C22H28O4. The van der Waals surface area contributed by atoms with Gasteiger partial charge in [0.25, 0.3) is 0 Å². The average molecular weight is 356 g/mol. The molecule has 0 aliphatic carbocycles. The highest BCUT2D eigenvalue weighted by atomic mass is 16.5. The van der Waals surface area contributed by atoms with Crippen molar-refractivity contribution in [1.29, 1.82) is 0 Å². The Morgan fingerprint density at radius 1 is 0.846 bits per heavy atom. The van der Waals surface area contributed by atoms with E-state index in [4.69, 9.17) is 14.6 Å². The lowest BCUT2D eigenvalue weighted by atomic mass is 10.1. The maximum Gasteiger partial charge on any atom is 0.343 e. The Morgan fingerprint density at radius 2 is 1.46 bits per heavy atom. The number of ether oxygens (including phenoxy) is 2. The molecule has 0 aromatic heterocycles. The van der Waals surface area contributed by atoms with Gasteiger partial charge in [0.15, 0.2) is 0 Å². The van der Waals surface area contributed by atoms with E-state index in [9.17, 15) is 4.79 Å². The predicted molar refractivity (Wildman–Crippen MR) is 103 cm³/mol. The van der Waals surface area contributed by atoms with Gasteiger partial charge in [-0.15, -0.1) is 0 Å². The minimum Gasteiger partial charge on any atom is -0.494 e. The minimum atomic E-state index is -0.413. The lowest BCUT2D eigenvalue weighted by molar-refractivity contribution is 0.0734. The van der Waals surface area contributed by atoms with Crippen LogP contribution in [0.15, 0.2) is 48.5 Å². The molecule has 0 radical (unpaired) electrons. The average Bonchev–Trinajstić information content (AvgIpc) is 2.68. The van der Waals surface area contributed by atoms with E-state index < -0.39 is 5.97 Å². The molecule has 0 saturated heterocycles. The van der Waals surface area contributed by atoms with Crippen molar-refractivity contribution in [3.05, 3.63) is 59.7 Å². The van der Waals surface area contributed by atoms with Crippen molar-refractivity contribution in [3.8, 4) is 11.5 Å². The highest BCUT2D eigenvalue weighted by Crippen LogP contribution is 2.17. The van der Waals surface area contributed by atoms with Crippen LogP contribution in [-0.2, 0) is 6.61 Å². The lowest BCUT2D eigenvalue weighted by Crippen LogP contribution is -2.08. The summed E-state index contributed by atoms with van der Waals surface area (Å²) in [7, 11) is 0. The second-order valence-corrected chi connectivity index (χ2v) is 6.33. The van der Waals surface area contributed by atoms with Gasteiger partial charge in [-0.05, 0) is 48.4 Å². The van der Waals surface area contributed by atoms with Crippen molar-refractivity contribution in [1.82, 2.24) is 0 Å². The Morgan fingerprint density at radius 3 is 2.12 bits per heavy atom. The van der Waals surface area contributed by atoms with E-state index in [0.717, 1.165) is 17.7 Å². The van der Waals surface area contributed by atoms with Crippen LogP contribution in [0.2, 0.25) is 0 Å². The van der Waals surface area contributed by atoms with E-state index in [-0.39, 0.29) is 6.61 Å². The number of hydrogen-bond donors (Lipinski definition) is 1. The van der Waals surface area contributed by atoms with Gasteiger partial charge in [0.1, 0.15) is 11.5 Å². The Labute approximate surface area is 155 Å². The van der Waals surface area contributed by atoms with E-state index in [1.165, 1.54) is 32.1 Å². The van der Waals surface area contributed by atoms with Crippen LogP contribution in [0.3, 0.4) is 0 Å². The van der Waals surface area contributed by atoms with Crippen LogP contribution in [0.25, 0.3) is 0 Å². The molecule has 2 aromatic rings. The third-order valence-corrected chi connectivity index (χ3v) is 4.17. The number of aliphatic hydroxyl groups is 1. The molecule has 2 rings (SSSR count). The van der Waals surface area contributed by atoms with Crippen LogP contribution in [0, 0.1) is 0 Å². The number of carbonyl (C=O) groups excluding carboxylic acids is 1. The van der Waals surface area contributed by atoms with Crippen molar-refractivity contribution < 1.29 is 19.4 Å². The maximum absolute atomic E-state index is 12.2. The van der Waals surface area contributed by atoms with Gasteiger partial charge in [0, 0.05) is 0 Å². The van der Waals surface area contributed by atoms with Crippen molar-refractivity contribution >= 4 is 5.97 Å². The molecular weight excluding hydrogens is 328 g/mol. The van der Waals surface area contributed by atoms with Gasteiger partial charge in [-0.3, -0.25) is 0 Å². The normalized spacial score (nSPS) is 10.5. The van der Waals surface area contributed by atoms with E-state index in [0.29, 0.717) is 17.9 Å². The molecule has 4 nitrogen and oxygen atoms in total. The first-order valence-corrected chi connectivity index (χ1v) is 9.37. The van der Waals surface area contributed by atoms with Gasteiger partial charge in [0.05, 0.1) is 18.8 Å². The number of unbranched alkanes of at least 4 members (excludes halogenated alkanes) is 5. The highest BCUT2D eigenvalue weighted by molar-refractivity contribution is 5.91.